The van der Waals surface area contributed by atoms with E-state index in [4.69, 9.17) is 21.1 Å². The molecule has 1 saturated carbocycles. The van der Waals surface area contributed by atoms with Gasteiger partial charge < -0.3 is 14.0 Å². The molecule has 0 aliphatic heterocycles. The summed E-state index contributed by atoms with van der Waals surface area (Å²) in [5.41, 5.74) is 0.362. The molecule has 1 fully saturated rings. The van der Waals surface area contributed by atoms with Crippen molar-refractivity contribution < 1.29 is 14.3 Å². The lowest BCUT2D eigenvalue weighted by atomic mass is 9.82. The first-order valence-corrected chi connectivity index (χ1v) is 10.6. The van der Waals surface area contributed by atoms with Gasteiger partial charge in [-0.15, -0.1) is 11.3 Å². The highest BCUT2D eigenvalue weighted by molar-refractivity contribution is 7.09. The lowest BCUT2D eigenvalue weighted by molar-refractivity contribution is -0.00463. The lowest BCUT2D eigenvalue weighted by Gasteiger charge is -2.34. The SMILES string of the molecule is COc1ccc(Cl)cc1C(=O)N=c1sc(C(C)(C)C)cn1CC1CC(OC)C1. The number of nitrogens with zero attached hydrogens (tertiary/aromatic N) is 2. The zero-order valence-corrected chi connectivity index (χ0v) is 18.6. The molecule has 0 bridgehead atoms. The molecule has 1 aliphatic carbocycles. The van der Waals surface area contributed by atoms with Gasteiger partial charge in [-0.1, -0.05) is 32.4 Å². The first kappa shape index (κ1) is 21.1. The van der Waals surface area contributed by atoms with Crippen molar-refractivity contribution in [2.45, 2.75) is 51.7 Å². The van der Waals surface area contributed by atoms with Crippen LogP contribution in [0.1, 0.15) is 48.8 Å². The average molecular weight is 423 g/mol. The molecule has 2 aromatic rings. The lowest BCUT2D eigenvalue weighted by Crippen LogP contribution is -2.35. The maximum atomic E-state index is 12.9. The molecule has 1 amide bonds. The smallest absolute Gasteiger partial charge is 0.283 e. The van der Waals surface area contributed by atoms with Crippen LogP contribution in [-0.4, -0.2) is 30.8 Å². The van der Waals surface area contributed by atoms with E-state index in [1.807, 2.05) is 0 Å². The summed E-state index contributed by atoms with van der Waals surface area (Å²) in [4.78, 5) is 19.2. The normalized spacial score (nSPS) is 20.1. The molecule has 1 aliphatic rings. The third kappa shape index (κ3) is 4.67. The van der Waals surface area contributed by atoms with Crippen LogP contribution in [0, 0.1) is 5.92 Å². The van der Waals surface area contributed by atoms with Crippen molar-refractivity contribution >= 4 is 28.8 Å². The van der Waals surface area contributed by atoms with E-state index in [2.05, 4.69) is 36.5 Å². The van der Waals surface area contributed by atoms with Crippen LogP contribution in [0.25, 0.3) is 0 Å². The van der Waals surface area contributed by atoms with E-state index < -0.39 is 0 Å². The predicted molar refractivity (Wildman–Crippen MR) is 112 cm³/mol. The number of aromatic nitrogens is 1. The van der Waals surface area contributed by atoms with E-state index in [-0.39, 0.29) is 11.3 Å². The van der Waals surface area contributed by atoms with Crippen molar-refractivity contribution in [2.24, 2.45) is 10.9 Å². The zero-order chi connectivity index (χ0) is 20.5. The number of rotatable bonds is 5. The molecule has 0 N–H and O–H groups in total. The van der Waals surface area contributed by atoms with Gasteiger partial charge in [0.05, 0.1) is 18.8 Å². The zero-order valence-electron chi connectivity index (χ0n) is 17.0. The first-order valence-electron chi connectivity index (χ1n) is 9.37. The standard InChI is InChI=1S/C21H27ClN2O3S/c1-21(2,3)18-12-24(11-13-8-15(9-13)26-4)20(28-18)23-19(25)16-10-14(22)6-7-17(16)27-5/h6-7,10,12-13,15H,8-9,11H2,1-5H3. The first-order chi connectivity index (χ1) is 13.2. The molecular formula is C21H27ClN2O3S. The highest BCUT2D eigenvalue weighted by Gasteiger charge is 2.30. The van der Waals surface area contributed by atoms with Crippen LogP contribution in [0.15, 0.2) is 29.4 Å². The molecule has 1 aromatic heterocycles. The van der Waals surface area contributed by atoms with E-state index >= 15 is 0 Å². The monoisotopic (exact) mass is 422 g/mol. The molecule has 1 heterocycles. The van der Waals surface area contributed by atoms with Crippen LogP contribution in [-0.2, 0) is 16.7 Å². The minimum atomic E-state index is -0.348. The number of hydrogen-bond acceptors (Lipinski definition) is 4. The molecule has 3 rings (SSSR count). The second kappa shape index (κ2) is 8.39. The van der Waals surface area contributed by atoms with Gasteiger partial charge in [-0.2, -0.15) is 4.99 Å². The molecule has 1 aromatic carbocycles. The Labute approximate surface area is 175 Å². The maximum absolute atomic E-state index is 12.9. The van der Waals surface area contributed by atoms with E-state index in [1.54, 1.807) is 36.6 Å². The number of thiazole rings is 1. The Bertz CT molecular complexity index is 920. The molecule has 7 heteroatoms. The van der Waals surface area contributed by atoms with Gasteiger partial charge in [0, 0.05) is 29.8 Å². The fourth-order valence-electron chi connectivity index (χ4n) is 3.23. The molecule has 28 heavy (non-hydrogen) atoms. The summed E-state index contributed by atoms with van der Waals surface area (Å²) in [6, 6.07) is 4.99. The molecule has 0 atom stereocenters. The Balaban J connectivity index is 1.96. The van der Waals surface area contributed by atoms with Crippen LogP contribution in [0.2, 0.25) is 5.02 Å². The number of benzene rings is 1. The van der Waals surface area contributed by atoms with Crippen molar-refractivity contribution in [3.8, 4) is 5.75 Å². The number of carbonyl (C=O) groups excluding carboxylic acids is 1. The van der Waals surface area contributed by atoms with E-state index in [1.165, 1.54) is 12.0 Å². The topological polar surface area (TPSA) is 52.8 Å². The van der Waals surface area contributed by atoms with Gasteiger partial charge in [0.25, 0.3) is 5.91 Å². The summed E-state index contributed by atoms with van der Waals surface area (Å²) in [5, 5.41) is 0.480. The number of methoxy groups -OCH3 is 2. The Morgan fingerprint density at radius 2 is 2.04 bits per heavy atom. The van der Waals surface area contributed by atoms with Crippen LogP contribution in [0.4, 0.5) is 0 Å². The Morgan fingerprint density at radius 3 is 2.64 bits per heavy atom. The molecule has 0 saturated heterocycles. The van der Waals surface area contributed by atoms with Crippen LogP contribution in [0.3, 0.4) is 0 Å². The van der Waals surface area contributed by atoms with Crippen LogP contribution < -0.4 is 9.54 Å². The van der Waals surface area contributed by atoms with Gasteiger partial charge in [0.2, 0.25) is 0 Å². The molecule has 0 radical (unpaired) electrons. The predicted octanol–water partition coefficient (Wildman–Crippen LogP) is 4.68. The maximum Gasteiger partial charge on any atom is 0.283 e. The fraction of sp³-hybridized carbons (Fsp3) is 0.524. The Hall–Kier alpha value is -1.63. The van der Waals surface area contributed by atoms with Crippen molar-refractivity contribution in [3.05, 3.63) is 44.7 Å². The number of amides is 1. The Morgan fingerprint density at radius 1 is 1.32 bits per heavy atom. The van der Waals surface area contributed by atoms with E-state index in [9.17, 15) is 4.79 Å². The summed E-state index contributed by atoms with van der Waals surface area (Å²) in [6.07, 6.45) is 4.56. The minimum Gasteiger partial charge on any atom is -0.496 e. The highest BCUT2D eigenvalue weighted by atomic mass is 35.5. The van der Waals surface area contributed by atoms with Gasteiger partial charge in [-0.3, -0.25) is 4.79 Å². The molecule has 5 nitrogen and oxygen atoms in total. The van der Waals surface area contributed by atoms with Gasteiger partial charge in [0.1, 0.15) is 5.75 Å². The summed E-state index contributed by atoms with van der Waals surface area (Å²) < 4.78 is 12.8. The van der Waals surface area contributed by atoms with Gasteiger partial charge in [-0.05, 0) is 42.4 Å². The molecule has 0 unspecified atom stereocenters. The van der Waals surface area contributed by atoms with Crippen molar-refractivity contribution in [3.63, 3.8) is 0 Å². The number of hydrogen-bond donors (Lipinski definition) is 0. The molecule has 0 spiro atoms. The third-order valence-corrected chi connectivity index (χ3v) is 6.71. The number of ether oxygens (including phenoxy) is 2. The fourth-order valence-corrected chi connectivity index (χ4v) is 4.46. The van der Waals surface area contributed by atoms with Crippen molar-refractivity contribution in [2.75, 3.05) is 14.2 Å². The van der Waals surface area contributed by atoms with Gasteiger partial charge in [0.15, 0.2) is 4.80 Å². The second-order valence-electron chi connectivity index (χ2n) is 8.24. The summed E-state index contributed by atoms with van der Waals surface area (Å²) in [5.74, 6) is 0.667. The third-order valence-electron chi connectivity index (χ3n) is 5.03. The molecular weight excluding hydrogens is 396 g/mol. The van der Waals surface area contributed by atoms with Gasteiger partial charge >= 0.3 is 0 Å². The summed E-state index contributed by atoms with van der Waals surface area (Å²) in [6.45, 7) is 7.34. The van der Waals surface area contributed by atoms with Crippen molar-refractivity contribution in [1.29, 1.82) is 0 Å². The average Bonchev–Trinajstić information content (AvgIpc) is 3.00. The number of halogens is 1. The highest BCUT2D eigenvalue weighted by Crippen LogP contribution is 2.32. The molecule has 152 valence electrons. The van der Waals surface area contributed by atoms with Gasteiger partial charge in [-0.25, -0.2) is 0 Å². The largest absolute Gasteiger partial charge is 0.496 e. The van der Waals surface area contributed by atoms with Crippen LogP contribution >= 0.6 is 22.9 Å². The van der Waals surface area contributed by atoms with Crippen LogP contribution in [0.5, 0.6) is 5.75 Å². The van der Waals surface area contributed by atoms with Crippen molar-refractivity contribution in [1.82, 2.24) is 4.57 Å². The van der Waals surface area contributed by atoms with E-state index in [0.717, 1.165) is 19.4 Å². The minimum absolute atomic E-state index is 0.00828. The van der Waals surface area contributed by atoms with E-state index in [0.29, 0.717) is 33.2 Å². The Kier molecular flexibility index (Phi) is 6.32. The number of carbonyl (C=O) groups is 1. The quantitative estimate of drug-likeness (QED) is 0.703. The second-order valence-corrected chi connectivity index (χ2v) is 9.68. The summed E-state index contributed by atoms with van der Waals surface area (Å²) in [7, 11) is 3.29. The summed E-state index contributed by atoms with van der Waals surface area (Å²) >= 11 is 7.64.